The zero-order valence-electron chi connectivity index (χ0n) is 12.4. The SMILES string of the molecule is COC(=O)c1cc(N2CCN(CCO)CC2)ccc1[N+](=O)[O-]. The van der Waals surface area contributed by atoms with Crippen LogP contribution in [0.5, 0.6) is 0 Å². The Hall–Kier alpha value is -2.19. The van der Waals surface area contributed by atoms with Crippen molar-refractivity contribution in [3.8, 4) is 0 Å². The van der Waals surface area contributed by atoms with Crippen LogP contribution in [0.25, 0.3) is 0 Å². The summed E-state index contributed by atoms with van der Waals surface area (Å²) in [7, 11) is 1.20. The highest BCUT2D eigenvalue weighted by molar-refractivity contribution is 5.95. The molecule has 1 aliphatic rings. The average molecular weight is 309 g/mol. The van der Waals surface area contributed by atoms with Crippen molar-refractivity contribution >= 4 is 17.3 Å². The number of methoxy groups -OCH3 is 1. The van der Waals surface area contributed by atoms with Crippen LogP contribution in [0.3, 0.4) is 0 Å². The van der Waals surface area contributed by atoms with Gasteiger partial charge in [-0.15, -0.1) is 0 Å². The van der Waals surface area contributed by atoms with E-state index in [1.165, 1.54) is 19.2 Å². The highest BCUT2D eigenvalue weighted by Gasteiger charge is 2.24. The number of aliphatic hydroxyl groups is 1. The second-order valence-electron chi connectivity index (χ2n) is 5.00. The molecule has 1 aromatic carbocycles. The number of carbonyl (C=O) groups is 1. The monoisotopic (exact) mass is 309 g/mol. The van der Waals surface area contributed by atoms with Crippen LogP contribution in [0.2, 0.25) is 0 Å². The molecule has 0 radical (unpaired) electrons. The molecule has 2 rings (SSSR count). The van der Waals surface area contributed by atoms with Gasteiger partial charge in [-0.05, 0) is 12.1 Å². The summed E-state index contributed by atoms with van der Waals surface area (Å²) in [4.78, 5) is 26.3. The van der Waals surface area contributed by atoms with Crippen molar-refractivity contribution in [1.29, 1.82) is 0 Å². The molecule has 0 saturated carbocycles. The Morgan fingerprint density at radius 3 is 2.59 bits per heavy atom. The fourth-order valence-electron chi connectivity index (χ4n) is 2.52. The van der Waals surface area contributed by atoms with Crippen LogP contribution in [0.1, 0.15) is 10.4 Å². The molecule has 0 spiro atoms. The first kappa shape index (κ1) is 16.2. The third-order valence-corrected chi connectivity index (χ3v) is 3.74. The zero-order valence-corrected chi connectivity index (χ0v) is 12.4. The fraction of sp³-hybridized carbons (Fsp3) is 0.500. The maximum Gasteiger partial charge on any atom is 0.344 e. The third kappa shape index (κ3) is 3.52. The summed E-state index contributed by atoms with van der Waals surface area (Å²) in [5.74, 6) is -0.715. The van der Waals surface area contributed by atoms with Gasteiger partial charge in [-0.3, -0.25) is 15.0 Å². The molecule has 0 aliphatic carbocycles. The van der Waals surface area contributed by atoms with Crippen molar-refractivity contribution in [2.75, 3.05) is 51.3 Å². The van der Waals surface area contributed by atoms with Gasteiger partial charge >= 0.3 is 5.97 Å². The number of rotatable bonds is 5. The van der Waals surface area contributed by atoms with E-state index in [1.54, 1.807) is 6.07 Å². The van der Waals surface area contributed by atoms with Crippen molar-refractivity contribution in [1.82, 2.24) is 4.90 Å². The molecule has 8 nitrogen and oxygen atoms in total. The second-order valence-corrected chi connectivity index (χ2v) is 5.00. The van der Waals surface area contributed by atoms with Gasteiger partial charge in [-0.2, -0.15) is 0 Å². The summed E-state index contributed by atoms with van der Waals surface area (Å²) in [5.41, 5.74) is 0.465. The molecule has 22 heavy (non-hydrogen) atoms. The molecular weight excluding hydrogens is 290 g/mol. The van der Waals surface area contributed by atoms with Crippen LogP contribution in [-0.2, 0) is 4.74 Å². The van der Waals surface area contributed by atoms with Crippen LogP contribution in [0.15, 0.2) is 18.2 Å². The lowest BCUT2D eigenvalue weighted by Gasteiger charge is -2.35. The highest BCUT2D eigenvalue weighted by Crippen LogP contribution is 2.26. The van der Waals surface area contributed by atoms with E-state index in [0.29, 0.717) is 6.54 Å². The minimum atomic E-state index is -0.715. The molecule has 1 aromatic rings. The van der Waals surface area contributed by atoms with E-state index in [4.69, 9.17) is 5.11 Å². The minimum Gasteiger partial charge on any atom is -0.465 e. The van der Waals surface area contributed by atoms with Gasteiger partial charge in [0.25, 0.3) is 5.69 Å². The number of piperazine rings is 1. The molecule has 1 heterocycles. The summed E-state index contributed by atoms with van der Waals surface area (Å²) in [6.07, 6.45) is 0. The van der Waals surface area contributed by atoms with E-state index in [-0.39, 0.29) is 17.9 Å². The third-order valence-electron chi connectivity index (χ3n) is 3.74. The Kier molecular flexibility index (Phi) is 5.29. The highest BCUT2D eigenvalue weighted by atomic mass is 16.6. The van der Waals surface area contributed by atoms with Gasteiger partial charge in [0.05, 0.1) is 18.6 Å². The number of hydrogen-bond donors (Lipinski definition) is 1. The van der Waals surface area contributed by atoms with Crippen molar-refractivity contribution < 1.29 is 19.6 Å². The molecule has 0 amide bonds. The minimum absolute atomic E-state index is 0.0391. The molecule has 120 valence electrons. The Labute approximate surface area is 128 Å². The molecule has 1 aliphatic heterocycles. The topological polar surface area (TPSA) is 96.2 Å². The molecule has 1 N–H and O–H groups in total. The Morgan fingerprint density at radius 1 is 1.36 bits per heavy atom. The first-order valence-corrected chi connectivity index (χ1v) is 7.01. The molecule has 0 aromatic heterocycles. The zero-order chi connectivity index (χ0) is 16.1. The van der Waals surface area contributed by atoms with E-state index in [1.807, 2.05) is 0 Å². The van der Waals surface area contributed by atoms with Gasteiger partial charge in [0.15, 0.2) is 0 Å². The molecular formula is C14H19N3O5. The number of nitro benzene ring substituents is 1. The number of anilines is 1. The van der Waals surface area contributed by atoms with E-state index in [2.05, 4.69) is 14.5 Å². The Balaban J connectivity index is 2.19. The Bertz CT molecular complexity index is 555. The lowest BCUT2D eigenvalue weighted by molar-refractivity contribution is -0.385. The number of esters is 1. The normalized spacial score (nSPS) is 15.6. The van der Waals surface area contributed by atoms with Crippen LogP contribution < -0.4 is 4.90 Å². The van der Waals surface area contributed by atoms with Crippen molar-refractivity contribution in [3.63, 3.8) is 0 Å². The van der Waals surface area contributed by atoms with Crippen LogP contribution >= 0.6 is 0 Å². The summed E-state index contributed by atoms with van der Waals surface area (Å²) in [5, 5.41) is 19.9. The number of hydrogen-bond acceptors (Lipinski definition) is 7. The number of β-amino-alcohol motifs (C(OH)–C–C–N with tert-alkyl or cyclic N) is 1. The first-order chi connectivity index (χ1) is 10.6. The number of carbonyl (C=O) groups excluding carboxylic acids is 1. The maximum atomic E-state index is 11.7. The lowest BCUT2D eigenvalue weighted by atomic mass is 10.1. The number of nitro groups is 1. The summed E-state index contributed by atoms with van der Waals surface area (Å²) in [6, 6.07) is 4.49. The molecule has 0 bridgehead atoms. The van der Waals surface area contributed by atoms with Gasteiger partial charge in [0.2, 0.25) is 0 Å². The van der Waals surface area contributed by atoms with E-state index < -0.39 is 10.9 Å². The van der Waals surface area contributed by atoms with Crippen molar-refractivity contribution in [2.45, 2.75) is 0 Å². The average Bonchev–Trinajstić information content (AvgIpc) is 2.54. The van der Waals surface area contributed by atoms with E-state index in [0.717, 1.165) is 31.9 Å². The van der Waals surface area contributed by atoms with Gasteiger partial charge in [-0.25, -0.2) is 4.79 Å². The molecule has 8 heteroatoms. The molecule has 1 fully saturated rings. The molecule has 1 saturated heterocycles. The second kappa shape index (κ2) is 7.19. The van der Waals surface area contributed by atoms with Gasteiger partial charge in [0, 0.05) is 44.5 Å². The predicted octanol–water partition coefficient (Wildman–Crippen LogP) is 0.496. The number of nitrogens with zero attached hydrogens (tertiary/aromatic N) is 3. The lowest BCUT2D eigenvalue weighted by Crippen LogP contribution is -2.47. The van der Waals surface area contributed by atoms with Gasteiger partial charge in [0.1, 0.15) is 5.56 Å². The quantitative estimate of drug-likeness (QED) is 0.480. The molecule has 0 atom stereocenters. The summed E-state index contributed by atoms with van der Waals surface area (Å²) >= 11 is 0. The standard InChI is InChI=1S/C14H19N3O5/c1-22-14(19)12-10-11(2-3-13(12)17(20)21)16-6-4-15(5-7-16)8-9-18/h2-3,10,18H,4-9H2,1H3. The summed E-state index contributed by atoms with van der Waals surface area (Å²) < 4.78 is 4.62. The van der Waals surface area contributed by atoms with Crippen molar-refractivity contribution in [2.24, 2.45) is 0 Å². The summed E-state index contributed by atoms with van der Waals surface area (Å²) in [6.45, 7) is 3.83. The first-order valence-electron chi connectivity index (χ1n) is 7.01. The van der Waals surface area contributed by atoms with E-state index >= 15 is 0 Å². The largest absolute Gasteiger partial charge is 0.465 e. The molecule has 0 unspecified atom stereocenters. The number of benzene rings is 1. The Morgan fingerprint density at radius 2 is 2.05 bits per heavy atom. The van der Waals surface area contributed by atoms with Gasteiger partial charge < -0.3 is 14.7 Å². The van der Waals surface area contributed by atoms with Crippen LogP contribution in [0, 0.1) is 10.1 Å². The fourth-order valence-corrected chi connectivity index (χ4v) is 2.52. The predicted molar refractivity (Wildman–Crippen MR) is 80.2 cm³/mol. The maximum absolute atomic E-state index is 11.7. The smallest absolute Gasteiger partial charge is 0.344 e. The number of aliphatic hydroxyl groups excluding tert-OH is 1. The number of ether oxygens (including phenoxy) is 1. The van der Waals surface area contributed by atoms with E-state index in [9.17, 15) is 14.9 Å². The van der Waals surface area contributed by atoms with Crippen LogP contribution in [0.4, 0.5) is 11.4 Å². The van der Waals surface area contributed by atoms with Crippen molar-refractivity contribution in [3.05, 3.63) is 33.9 Å². The van der Waals surface area contributed by atoms with Gasteiger partial charge in [-0.1, -0.05) is 0 Å². The van der Waals surface area contributed by atoms with Crippen LogP contribution in [-0.4, -0.2) is 67.3 Å².